The van der Waals surface area contributed by atoms with Gasteiger partial charge in [-0.25, -0.2) is 9.78 Å². The van der Waals surface area contributed by atoms with Crippen LogP contribution >= 0.6 is 22.9 Å². The smallest absolute Gasteiger partial charge is 0.337 e. The lowest BCUT2D eigenvalue weighted by atomic mass is 10.2. The molecule has 0 fully saturated rings. The van der Waals surface area contributed by atoms with Gasteiger partial charge in [0, 0.05) is 10.7 Å². The van der Waals surface area contributed by atoms with Crippen LogP contribution in [-0.2, 0) is 10.1 Å². The molecule has 0 amide bonds. The molecule has 1 heterocycles. The summed E-state index contributed by atoms with van der Waals surface area (Å²) in [6.45, 7) is 1.60. The second-order valence-electron chi connectivity index (χ2n) is 5.12. The number of aromatic nitrogens is 1. The number of aryl methyl sites for hydroxylation is 1. The Kier molecular flexibility index (Phi) is 5.71. The first-order chi connectivity index (χ1) is 12.0. The molecule has 8 nitrogen and oxygen atoms in total. The molecule has 26 heavy (non-hydrogen) atoms. The number of benzene rings is 2. The predicted molar refractivity (Wildman–Crippen MR) is 101 cm³/mol. The number of carboxylic acids is 1. The molecule has 3 rings (SSSR count). The zero-order valence-electron chi connectivity index (χ0n) is 13.3. The highest BCUT2D eigenvalue weighted by atomic mass is 35.5. The number of fused-ring (bicyclic) bond motifs is 1. The Morgan fingerprint density at radius 1 is 1.23 bits per heavy atom. The monoisotopic (exact) mass is 415 g/mol. The molecule has 0 aliphatic heterocycles. The van der Waals surface area contributed by atoms with Crippen molar-refractivity contribution in [3.05, 3.63) is 46.5 Å². The van der Waals surface area contributed by atoms with E-state index in [-0.39, 0.29) is 26.8 Å². The van der Waals surface area contributed by atoms with Crippen molar-refractivity contribution in [2.75, 3.05) is 11.5 Å². The molecule has 0 atom stereocenters. The summed E-state index contributed by atoms with van der Waals surface area (Å²) < 4.78 is 32.0. The maximum atomic E-state index is 11.2. The molecule has 0 aliphatic carbocycles. The highest BCUT2D eigenvalue weighted by Crippen LogP contribution is 2.31. The van der Waals surface area contributed by atoms with Crippen LogP contribution in [0.25, 0.3) is 10.2 Å². The van der Waals surface area contributed by atoms with Crippen molar-refractivity contribution in [3.8, 4) is 0 Å². The summed E-state index contributed by atoms with van der Waals surface area (Å²) in [6, 6.07) is 7.61. The summed E-state index contributed by atoms with van der Waals surface area (Å²) in [5.74, 6) is -1.04. The number of aromatic carboxylic acids is 1. The van der Waals surface area contributed by atoms with Crippen molar-refractivity contribution in [3.63, 3.8) is 0 Å². The number of carboxylic acid groups (broad SMARTS) is 1. The average molecular weight is 416 g/mol. The van der Waals surface area contributed by atoms with Crippen LogP contribution in [0.2, 0.25) is 5.02 Å². The van der Waals surface area contributed by atoms with Crippen molar-refractivity contribution >= 4 is 60.1 Å². The van der Waals surface area contributed by atoms with Crippen molar-refractivity contribution < 1.29 is 22.9 Å². The van der Waals surface area contributed by atoms with Crippen LogP contribution in [-0.4, -0.2) is 29.0 Å². The molecule has 0 bridgehead atoms. The minimum absolute atomic E-state index is 0.0781. The van der Waals surface area contributed by atoms with Gasteiger partial charge in [-0.05, 0) is 36.8 Å². The number of thiazole rings is 1. The van der Waals surface area contributed by atoms with Gasteiger partial charge < -0.3 is 16.6 Å². The van der Waals surface area contributed by atoms with Gasteiger partial charge in [-0.1, -0.05) is 29.0 Å². The fourth-order valence-corrected chi connectivity index (χ4v) is 4.00. The van der Waals surface area contributed by atoms with Crippen molar-refractivity contribution in [2.24, 2.45) is 0 Å². The van der Waals surface area contributed by atoms with Gasteiger partial charge in [-0.2, -0.15) is 8.42 Å². The largest absolute Gasteiger partial charge is 0.478 e. The Bertz CT molecular complexity index is 1100. The van der Waals surface area contributed by atoms with Crippen LogP contribution in [0.5, 0.6) is 0 Å². The summed E-state index contributed by atoms with van der Waals surface area (Å²) in [7, 11) is -4.26. The number of carbonyl (C=O) groups is 1. The van der Waals surface area contributed by atoms with E-state index in [9.17, 15) is 13.2 Å². The third-order valence-corrected chi connectivity index (χ3v) is 5.35. The molecule has 0 spiro atoms. The third-order valence-electron chi connectivity index (χ3n) is 3.23. The number of hydrogen-bond donors (Lipinski definition) is 4. The lowest BCUT2D eigenvalue weighted by Gasteiger charge is -2.01. The SMILES string of the molecule is Cc1ccc2sc(N)nc2c1S(=O)(=O)O.Nc1cc(Cl)ccc1C(=O)O. The summed E-state index contributed by atoms with van der Waals surface area (Å²) in [4.78, 5) is 14.1. The molecule has 2 aromatic carbocycles. The fourth-order valence-electron chi connectivity index (χ4n) is 2.14. The van der Waals surface area contributed by atoms with E-state index in [2.05, 4.69) is 4.98 Å². The molecule has 6 N–H and O–H groups in total. The maximum Gasteiger partial charge on any atom is 0.337 e. The normalized spacial score (nSPS) is 11.0. The highest BCUT2D eigenvalue weighted by Gasteiger charge is 2.19. The molecule has 0 saturated heterocycles. The molecular formula is C15H14ClN3O5S2. The van der Waals surface area contributed by atoms with Crippen LogP contribution < -0.4 is 11.5 Å². The number of anilines is 2. The first kappa shape index (κ1) is 19.9. The standard InChI is InChI=1S/C8H8N2O3S2.C7H6ClNO2/c1-4-2-3-5-6(10-8(9)14-5)7(4)15(11,12)13;8-4-1-2-5(7(10)11)6(9)3-4/h2-3H,1H3,(H2,9,10)(H,11,12,13);1-3H,9H2,(H,10,11). The molecule has 1 aromatic heterocycles. The van der Waals surface area contributed by atoms with Crippen LogP contribution in [0.1, 0.15) is 15.9 Å². The molecule has 0 unspecified atom stereocenters. The van der Waals surface area contributed by atoms with Gasteiger partial charge in [0.1, 0.15) is 10.4 Å². The molecule has 3 aromatic rings. The second kappa shape index (κ2) is 7.46. The van der Waals surface area contributed by atoms with Gasteiger partial charge in [0.05, 0.1) is 10.3 Å². The summed E-state index contributed by atoms with van der Waals surface area (Å²) in [6.07, 6.45) is 0. The molecule has 138 valence electrons. The minimum atomic E-state index is -4.26. The first-order valence-corrected chi connectivity index (χ1v) is 9.55. The first-order valence-electron chi connectivity index (χ1n) is 6.92. The van der Waals surface area contributed by atoms with E-state index in [0.717, 1.165) is 0 Å². The van der Waals surface area contributed by atoms with Crippen molar-refractivity contribution in [1.29, 1.82) is 0 Å². The van der Waals surface area contributed by atoms with E-state index in [0.29, 0.717) is 15.3 Å². The number of halogens is 1. The van der Waals surface area contributed by atoms with Gasteiger partial charge in [0.15, 0.2) is 5.13 Å². The topological polar surface area (TPSA) is 157 Å². The lowest BCUT2D eigenvalue weighted by Crippen LogP contribution is -2.02. The zero-order valence-corrected chi connectivity index (χ0v) is 15.7. The second-order valence-corrected chi connectivity index (χ2v) is 7.98. The summed E-state index contributed by atoms with van der Waals surface area (Å²) in [5, 5.41) is 9.25. The van der Waals surface area contributed by atoms with Crippen LogP contribution in [0, 0.1) is 6.92 Å². The zero-order chi connectivity index (χ0) is 19.6. The Balaban J connectivity index is 0.000000197. The predicted octanol–water partition coefficient (Wildman–Crippen LogP) is 3.05. The quantitative estimate of drug-likeness (QED) is 0.367. The summed E-state index contributed by atoms with van der Waals surface area (Å²) in [5.41, 5.74) is 11.8. The number of nitrogen functional groups attached to an aromatic ring is 2. The molecule has 0 radical (unpaired) electrons. The fraction of sp³-hybridized carbons (Fsp3) is 0.0667. The van der Waals surface area contributed by atoms with Crippen molar-refractivity contribution in [2.45, 2.75) is 11.8 Å². The van der Waals surface area contributed by atoms with Gasteiger partial charge in [0.2, 0.25) is 0 Å². The Morgan fingerprint density at radius 3 is 2.42 bits per heavy atom. The van der Waals surface area contributed by atoms with E-state index in [1.165, 1.54) is 29.5 Å². The number of rotatable bonds is 2. The number of hydrogen-bond acceptors (Lipinski definition) is 7. The van der Waals surface area contributed by atoms with Gasteiger partial charge in [-0.15, -0.1) is 0 Å². The van der Waals surface area contributed by atoms with Gasteiger partial charge in [0.25, 0.3) is 10.1 Å². The summed E-state index contributed by atoms with van der Waals surface area (Å²) >= 11 is 6.73. The van der Waals surface area contributed by atoms with E-state index in [1.54, 1.807) is 19.1 Å². The van der Waals surface area contributed by atoms with Gasteiger partial charge >= 0.3 is 5.97 Å². The van der Waals surface area contributed by atoms with E-state index >= 15 is 0 Å². The third kappa shape index (κ3) is 4.41. The average Bonchev–Trinajstić information content (AvgIpc) is 2.85. The van der Waals surface area contributed by atoms with Crippen LogP contribution in [0.15, 0.2) is 35.2 Å². The van der Waals surface area contributed by atoms with Gasteiger partial charge in [-0.3, -0.25) is 4.55 Å². The highest BCUT2D eigenvalue weighted by molar-refractivity contribution is 7.86. The lowest BCUT2D eigenvalue weighted by molar-refractivity contribution is 0.0698. The van der Waals surface area contributed by atoms with Crippen molar-refractivity contribution in [1.82, 2.24) is 4.98 Å². The minimum Gasteiger partial charge on any atom is -0.478 e. The Labute approximate surface area is 157 Å². The van der Waals surface area contributed by atoms with E-state index < -0.39 is 16.1 Å². The van der Waals surface area contributed by atoms with E-state index in [1.807, 2.05) is 0 Å². The van der Waals surface area contributed by atoms with Crippen LogP contribution in [0.3, 0.4) is 0 Å². The molecule has 0 aliphatic rings. The number of nitrogens with zero attached hydrogens (tertiary/aromatic N) is 1. The molecular weight excluding hydrogens is 402 g/mol. The molecule has 0 saturated carbocycles. The number of nitrogens with two attached hydrogens (primary N) is 2. The Hall–Kier alpha value is -2.40. The Morgan fingerprint density at radius 2 is 1.88 bits per heavy atom. The molecule has 11 heteroatoms. The van der Waals surface area contributed by atoms with Crippen LogP contribution in [0.4, 0.5) is 10.8 Å². The van der Waals surface area contributed by atoms with E-state index in [4.69, 9.17) is 32.7 Å². The maximum absolute atomic E-state index is 11.2.